The number of benzene rings is 3. The van der Waals surface area contributed by atoms with Crippen LogP contribution in [0, 0.1) is 0 Å². The summed E-state index contributed by atoms with van der Waals surface area (Å²) in [5.41, 5.74) is 3.46. The van der Waals surface area contributed by atoms with Crippen molar-refractivity contribution in [2.75, 3.05) is 13.2 Å². The molecule has 0 bridgehead atoms. The summed E-state index contributed by atoms with van der Waals surface area (Å²) in [7, 11) is 0. The molecule has 0 aliphatic carbocycles. The topological polar surface area (TPSA) is 57.9 Å². The molecule has 0 saturated carbocycles. The monoisotopic (exact) mass is 462 g/mol. The maximum absolute atomic E-state index is 13.4. The third kappa shape index (κ3) is 4.29. The Bertz CT molecular complexity index is 1380. The van der Waals surface area contributed by atoms with Gasteiger partial charge in [0.2, 0.25) is 5.43 Å². The summed E-state index contributed by atoms with van der Waals surface area (Å²) in [6.07, 6.45) is 3.19. The smallest absolute Gasteiger partial charge is 0.200 e. The number of rotatable bonds is 6. The summed E-state index contributed by atoms with van der Waals surface area (Å²) in [6, 6.07) is 16.8. The molecule has 0 N–H and O–H groups in total. The van der Waals surface area contributed by atoms with E-state index in [1.54, 1.807) is 6.07 Å². The summed E-state index contributed by atoms with van der Waals surface area (Å²) in [5, 5.41) is 1.18. The van der Waals surface area contributed by atoms with Crippen molar-refractivity contribution in [3.05, 3.63) is 87.2 Å². The van der Waals surface area contributed by atoms with Gasteiger partial charge in [-0.05, 0) is 41.8 Å². The molecular formula is C27H23ClO5. The van der Waals surface area contributed by atoms with Crippen LogP contribution in [-0.2, 0) is 13.0 Å². The van der Waals surface area contributed by atoms with Crippen LogP contribution in [0.1, 0.15) is 24.5 Å². The zero-order valence-corrected chi connectivity index (χ0v) is 19.0. The van der Waals surface area contributed by atoms with Crippen LogP contribution in [0.4, 0.5) is 0 Å². The molecule has 0 spiro atoms. The first-order valence-electron chi connectivity index (χ1n) is 11.0. The van der Waals surface area contributed by atoms with Crippen molar-refractivity contribution in [1.82, 2.24) is 0 Å². The average Bonchev–Trinajstić information content (AvgIpc) is 2.84. The van der Waals surface area contributed by atoms with E-state index in [1.807, 2.05) is 48.5 Å². The summed E-state index contributed by atoms with van der Waals surface area (Å²) < 4.78 is 23.3. The second kappa shape index (κ2) is 9.20. The maximum atomic E-state index is 13.4. The highest BCUT2D eigenvalue weighted by molar-refractivity contribution is 6.31. The molecule has 5 rings (SSSR count). The second-order valence-electron chi connectivity index (χ2n) is 7.92. The van der Waals surface area contributed by atoms with Gasteiger partial charge in [-0.25, -0.2) is 0 Å². The van der Waals surface area contributed by atoms with Crippen molar-refractivity contribution < 1.29 is 18.6 Å². The first kappa shape index (κ1) is 21.4. The molecule has 0 saturated heterocycles. The molecule has 3 aromatic carbocycles. The molecule has 33 heavy (non-hydrogen) atoms. The van der Waals surface area contributed by atoms with Crippen LogP contribution in [0.15, 0.2) is 70.1 Å². The van der Waals surface area contributed by atoms with Gasteiger partial charge in [0.15, 0.2) is 11.5 Å². The quantitative estimate of drug-likeness (QED) is 0.331. The third-order valence-corrected chi connectivity index (χ3v) is 6.04. The Labute approximate surface area is 196 Å². The van der Waals surface area contributed by atoms with Gasteiger partial charge in [0.25, 0.3) is 0 Å². The molecule has 0 amide bonds. The molecule has 5 nitrogen and oxygen atoms in total. The van der Waals surface area contributed by atoms with Gasteiger partial charge in [0.05, 0.1) is 10.9 Å². The standard InChI is InChI=1S/C27H23ClO5/c1-2-5-18-12-20-25(14-24(18)32-15-19-6-3-4-7-22(19)28)33-16-21(27(20)29)17-8-9-23-26(13-17)31-11-10-30-23/h3-4,6-9,12-14,16H,2,5,10-11,15H2,1H3. The maximum Gasteiger partial charge on any atom is 0.200 e. The molecule has 1 aliphatic heterocycles. The number of halogens is 1. The first-order valence-corrected chi connectivity index (χ1v) is 11.4. The number of hydrogen-bond acceptors (Lipinski definition) is 5. The van der Waals surface area contributed by atoms with Crippen molar-refractivity contribution in [2.24, 2.45) is 0 Å². The Kier molecular flexibility index (Phi) is 5.97. The van der Waals surface area contributed by atoms with Gasteiger partial charge in [-0.1, -0.05) is 49.2 Å². The predicted molar refractivity (Wildman–Crippen MR) is 129 cm³/mol. The largest absolute Gasteiger partial charge is 0.488 e. The van der Waals surface area contributed by atoms with E-state index in [9.17, 15) is 4.79 Å². The van der Waals surface area contributed by atoms with Gasteiger partial charge in [-0.15, -0.1) is 0 Å². The second-order valence-corrected chi connectivity index (χ2v) is 8.33. The van der Waals surface area contributed by atoms with Crippen molar-refractivity contribution in [2.45, 2.75) is 26.4 Å². The Hall–Kier alpha value is -3.44. The fourth-order valence-corrected chi connectivity index (χ4v) is 4.17. The van der Waals surface area contributed by atoms with E-state index in [0.717, 1.165) is 29.5 Å². The summed E-state index contributed by atoms with van der Waals surface area (Å²) in [5.74, 6) is 2.01. The molecule has 6 heteroatoms. The lowest BCUT2D eigenvalue weighted by Gasteiger charge is -2.18. The Morgan fingerprint density at radius 3 is 2.61 bits per heavy atom. The fraction of sp³-hybridized carbons (Fsp3) is 0.222. The predicted octanol–water partition coefficient (Wildman–Crippen LogP) is 6.42. The Morgan fingerprint density at radius 2 is 1.79 bits per heavy atom. The lowest BCUT2D eigenvalue weighted by atomic mass is 10.0. The minimum Gasteiger partial charge on any atom is -0.488 e. The van der Waals surface area contributed by atoms with Gasteiger partial charge >= 0.3 is 0 Å². The highest BCUT2D eigenvalue weighted by Gasteiger charge is 2.17. The minimum absolute atomic E-state index is 0.0945. The normalized spacial score (nSPS) is 12.7. The van der Waals surface area contributed by atoms with Crippen molar-refractivity contribution in [3.63, 3.8) is 0 Å². The lowest BCUT2D eigenvalue weighted by molar-refractivity contribution is 0.171. The Balaban J connectivity index is 1.53. The van der Waals surface area contributed by atoms with Gasteiger partial charge in [-0.3, -0.25) is 4.79 Å². The van der Waals surface area contributed by atoms with Gasteiger partial charge in [0.1, 0.15) is 37.4 Å². The Morgan fingerprint density at radius 1 is 0.970 bits per heavy atom. The summed E-state index contributed by atoms with van der Waals surface area (Å²) in [4.78, 5) is 13.4. The molecule has 168 valence electrons. The SMILES string of the molecule is CCCc1cc2c(=O)c(-c3ccc4c(c3)OCCO4)coc2cc1OCc1ccccc1Cl. The first-order chi connectivity index (χ1) is 16.1. The summed E-state index contributed by atoms with van der Waals surface area (Å²) in [6.45, 7) is 3.43. The third-order valence-electron chi connectivity index (χ3n) is 5.67. The average molecular weight is 463 g/mol. The molecule has 0 unspecified atom stereocenters. The van der Waals surface area contributed by atoms with Gasteiger partial charge in [-0.2, -0.15) is 0 Å². The van der Waals surface area contributed by atoms with Crippen LogP contribution in [-0.4, -0.2) is 13.2 Å². The lowest BCUT2D eigenvalue weighted by Crippen LogP contribution is -2.15. The number of ether oxygens (including phenoxy) is 3. The van der Waals surface area contributed by atoms with E-state index >= 15 is 0 Å². The van der Waals surface area contributed by atoms with Crippen LogP contribution < -0.4 is 19.6 Å². The highest BCUT2D eigenvalue weighted by atomic mass is 35.5. The zero-order valence-electron chi connectivity index (χ0n) is 18.2. The molecule has 1 aliphatic rings. The van der Waals surface area contributed by atoms with Crippen LogP contribution in [0.2, 0.25) is 5.02 Å². The van der Waals surface area contributed by atoms with Crippen molar-refractivity contribution >= 4 is 22.6 Å². The van der Waals surface area contributed by atoms with Crippen LogP contribution in [0.5, 0.6) is 17.2 Å². The molecule has 2 heterocycles. The van der Waals surface area contributed by atoms with E-state index in [4.69, 9.17) is 30.2 Å². The highest BCUT2D eigenvalue weighted by Crippen LogP contribution is 2.35. The minimum atomic E-state index is -0.0945. The molecule has 0 fully saturated rings. The van der Waals surface area contributed by atoms with Crippen molar-refractivity contribution in [3.8, 4) is 28.4 Å². The number of fused-ring (bicyclic) bond motifs is 2. The molecule has 0 atom stereocenters. The van der Waals surface area contributed by atoms with Crippen LogP contribution in [0.3, 0.4) is 0 Å². The van der Waals surface area contributed by atoms with Gasteiger partial charge in [0, 0.05) is 16.7 Å². The molecule has 0 radical (unpaired) electrons. The summed E-state index contributed by atoms with van der Waals surface area (Å²) >= 11 is 6.27. The molecular weight excluding hydrogens is 440 g/mol. The zero-order chi connectivity index (χ0) is 22.8. The van der Waals surface area contributed by atoms with E-state index in [1.165, 1.54) is 6.26 Å². The number of hydrogen-bond donors (Lipinski definition) is 0. The molecule has 4 aromatic rings. The van der Waals surface area contributed by atoms with E-state index < -0.39 is 0 Å². The van der Waals surface area contributed by atoms with E-state index in [-0.39, 0.29) is 5.43 Å². The van der Waals surface area contributed by atoms with E-state index in [2.05, 4.69) is 6.92 Å². The van der Waals surface area contributed by atoms with Gasteiger partial charge < -0.3 is 18.6 Å². The fourth-order valence-electron chi connectivity index (χ4n) is 3.98. The van der Waals surface area contributed by atoms with E-state index in [0.29, 0.717) is 58.6 Å². The molecule has 1 aromatic heterocycles. The van der Waals surface area contributed by atoms with Crippen LogP contribution in [0.25, 0.3) is 22.1 Å². The van der Waals surface area contributed by atoms with Crippen LogP contribution >= 0.6 is 11.6 Å². The number of aryl methyl sites for hydroxylation is 1. The van der Waals surface area contributed by atoms with Crippen molar-refractivity contribution in [1.29, 1.82) is 0 Å².